The maximum Gasteiger partial charge on any atom is 0.156 e. The highest BCUT2D eigenvalue weighted by Crippen LogP contribution is 2.27. The van der Waals surface area contributed by atoms with Gasteiger partial charge in [0.2, 0.25) is 0 Å². The smallest absolute Gasteiger partial charge is 0.156 e. The molecule has 0 aliphatic heterocycles. The van der Waals surface area contributed by atoms with Gasteiger partial charge in [0.05, 0.1) is 0 Å². The van der Waals surface area contributed by atoms with Gasteiger partial charge in [-0.15, -0.1) is 0 Å². The molecule has 0 atom stereocenters. The molecular formula is C16H35ClSi. The fraction of sp³-hybridized carbons (Fsp3) is 1.00. The normalized spacial score (nSPS) is 12.0. The van der Waals surface area contributed by atoms with Crippen LogP contribution in [0.15, 0.2) is 0 Å². The Kier molecular flexibility index (Phi) is 12.9. The lowest BCUT2D eigenvalue weighted by Gasteiger charge is -2.20. The summed E-state index contributed by atoms with van der Waals surface area (Å²) in [5.41, 5.74) is 0. The van der Waals surface area contributed by atoms with Gasteiger partial charge in [-0.1, -0.05) is 85.0 Å². The van der Waals surface area contributed by atoms with E-state index in [9.17, 15) is 0 Å². The van der Waals surface area contributed by atoms with Crippen LogP contribution in [-0.4, -0.2) is 7.38 Å². The molecule has 18 heavy (non-hydrogen) atoms. The molecule has 2 heteroatoms. The Morgan fingerprint density at radius 3 is 1.39 bits per heavy atom. The van der Waals surface area contributed by atoms with Crippen molar-refractivity contribution in [3.8, 4) is 0 Å². The fourth-order valence-corrected chi connectivity index (χ4v) is 5.02. The molecule has 0 fully saturated rings. The van der Waals surface area contributed by atoms with Crippen molar-refractivity contribution in [2.45, 2.75) is 103 Å². The second kappa shape index (κ2) is 12.5. The van der Waals surface area contributed by atoms with E-state index in [1.807, 2.05) is 0 Å². The molecule has 0 saturated carbocycles. The van der Waals surface area contributed by atoms with Crippen molar-refractivity contribution in [1.29, 1.82) is 0 Å². The van der Waals surface area contributed by atoms with Crippen LogP contribution in [0.5, 0.6) is 0 Å². The molecule has 0 heterocycles. The highest BCUT2D eigenvalue weighted by molar-refractivity contribution is 7.20. The predicted molar refractivity (Wildman–Crippen MR) is 89.2 cm³/mol. The van der Waals surface area contributed by atoms with Crippen molar-refractivity contribution in [2.75, 3.05) is 0 Å². The van der Waals surface area contributed by atoms with Gasteiger partial charge in [-0.3, -0.25) is 0 Å². The molecular weight excluding hydrogens is 256 g/mol. The molecule has 0 nitrogen and oxygen atoms in total. The van der Waals surface area contributed by atoms with Crippen molar-refractivity contribution in [2.24, 2.45) is 0 Å². The number of hydrogen-bond acceptors (Lipinski definition) is 0. The summed E-state index contributed by atoms with van der Waals surface area (Å²) in [6.45, 7) is 6.84. The summed E-state index contributed by atoms with van der Waals surface area (Å²) in [6, 6.07) is 3.85. The van der Waals surface area contributed by atoms with E-state index in [-0.39, 0.29) is 0 Å². The average molecular weight is 291 g/mol. The van der Waals surface area contributed by atoms with E-state index in [0.29, 0.717) is 0 Å². The van der Waals surface area contributed by atoms with Gasteiger partial charge in [0.25, 0.3) is 0 Å². The maximum absolute atomic E-state index is 6.66. The summed E-state index contributed by atoms with van der Waals surface area (Å²) in [4.78, 5) is 0. The first-order valence-electron chi connectivity index (χ1n) is 8.37. The second-order valence-electron chi connectivity index (χ2n) is 5.79. The SMILES string of the molecule is CCCCCCCCCCCC[Si](Cl)(CC)CC. The first-order chi connectivity index (χ1) is 8.68. The van der Waals surface area contributed by atoms with Gasteiger partial charge >= 0.3 is 0 Å². The van der Waals surface area contributed by atoms with Gasteiger partial charge in [0, 0.05) is 0 Å². The Morgan fingerprint density at radius 2 is 1.00 bits per heavy atom. The van der Waals surface area contributed by atoms with Crippen LogP contribution < -0.4 is 0 Å². The van der Waals surface area contributed by atoms with Crippen LogP contribution >= 0.6 is 11.1 Å². The van der Waals surface area contributed by atoms with Gasteiger partial charge in [0.15, 0.2) is 7.38 Å². The molecule has 0 N–H and O–H groups in total. The Labute approximate surface area is 122 Å². The van der Waals surface area contributed by atoms with Crippen LogP contribution in [0, 0.1) is 0 Å². The van der Waals surface area contributed by atoms with Crippen LogP contribution in [0.25, 0.3) is 0 Å². The maximum atomic E-state index is 6.66. The van der Waals surface area contributed by atoms with Gasteiger partial charge in [-0.05, 0) is 18.1 Å². The number of unbranched alkanes of at least 4 members (excludes halogenated alkanes) is 9. The zero-order chi connectivity index (χ0) is 13.7. The first-order valence-corrected chi connectivity index (χ1v) is 12.0. The van der Waals surface area contributed by atoms with E-state index in [4.69, 9.17) is 11.1 Å². The molecule has 0 amide bonds. The van der Waals surface area contributed by atoms with Gasteiger partial charge in [-0.25, -0.2) is 0 Å². The molecule has 0 aromatic carbocycles. The quantitative estimate of drug-likeness (QED) is 0.192. The lowest BCUT2D eigenvalue weighted by Crippen LogP contribution is -2.23. The second-order valence-corrected chi connectivity index (χ2v) is 12.4. The number of rotatable bonds is 13. The summed E-state index contributed by atoms with van der Waals surface area (Å²) < 4.78 is 0. The summed E-state index contributed by atoms with van der Waals surface area (Å²) in [7, 11) is -1.32. The molecule has 0 radical (unpaired) electrons. The highest BCUT2D eigenvalue weighted by atomic mass is 35.6. The molecule has 110 valence electrons. The Morgan fingerprint density at radius 1 is 0.611 bits per heavy atom. The van der Waals surface area contributed by atoms with Gasteiger partial charge in [-0.2, -0.15) is 11.1 Å². The van der Waals surface area contributed by atoms with E-state index >= 15 is 0 Å². The summed E-state index contributed by atoms with van der Waals surface area (Å²) in [5.74, 6) is 0. The van der Waals surface area contributed by atoms with Gasteiger partial charge < -0.3 is 0 Å². The lowest BCUT2D eigenvalue weighted by molar-refractivity contribution is 0.561. The molecule has 0 bridgehead atoms. The fourth-order valence-electron chi connectivity index (χ4n) is 2.53. The van der Waals surface area contributed by atoms with Crippen LogP contribution in [0.1, 0.15) is 85.0 Å². The minimum atomic E-state index is -1.32. The monoisotopic (exact) mass is 290 g/mol. The number of hydrogen-bond donors (Lipinski definition) is 0. The van der Waals surface area contributed by atoms with E-state index < -0.39 is 7.38 Å². The average Bonchev–Trinajstić information content (AvgIpc) is 2.40. The van der Waals surface area contributed by atoms with E-state index in [1.165, 1.54) is 82.3 Å². The van der Waals surface area contributed by atoms with E-state index in [2.05, 4.69) is 20.8 Å². The minimum absolute atomic E-state index is 1.25. The van der Waals surface area contributed by atoms with Crippen molar-refractivity contribution >= 4 is 18.5 Å². The van der Waals surface area contributed by atoms with Crippen LogP contribution in [0.4, 0.5) is 0 Å². The summed E-state index contributed by atoms with van der Waals surface area (Å²) in [6.07, 6.45) is 14.3. The molecule has 0 unspecified atom stereocenters. The Bertz CT molecular complexity index is 166. The molecule has 0 aromatic heterocycles. The first kappa shape index (κ1) is 18.5. The third-order valence-corrected chi connectivity index (χ3v) is 10.2. The van der Waals surface area contributed by atoms with Crippen molar-refractivity contribution in [1.82, 2.24) is 0 Å². The minimum Gasteiger partial charge on any atom is -0.167 e. The van der Waals surface area contributed by atoms with Gasteiger partial charge in [0.1, 0.15) is 0 Å². The third kappa shape index (κ3) is 10.4. The van der Waals surface area contributed by atoms with Crippen molar-refractivity contribution in [3.63, 3.8) is 0 Å². The van der Waals surface area contributed by atoms with Crippen molar-refractivity contribution in [3.05, 3.63) is 0 Å². The molecule has 0 rings (SSSR count). The van der Waals surface area contributed by atoms with Crippen LogP contribution in [0.3, 0.4) is 0 Å². The van der Waals surface area contributed by atoms with Crippen LogP contribution in [-0.2, 0) is 0 Å². The predicted octanol–water partition coefficient (Wildman–Crippen LogP) is 7.13. The lowest BCUT2D eigenvalue weighted by atomic mass is 10.1. The molecule has 0 saturated heterocycles. The number of halogens is 1. The zero-order valence-electron chi connectivity index (χ0n) is 13.1. The molecule has 0 aliphatic rings. The van der Waals surface area contributed by atoms with Crippen molar-refractivity contribution < 1.29 is 0 Å². The summed E-state index contributed by atoms with van der Waals surface area (Å²) in [5, 5.41) is 0. The van der Waals surface area contributed by atoms with E-state index in [0.717, 1.165) is 0 Å². The summed E-state index contributed by atoms with van der Waals surface area (Å²) >= 11 is 6.66. The topological polar surface area (TPSA) is 0 Å². The zero-order valence-corrected chi connectivity index (χ0v) is 14.8. The largest absolute Gasteiger partial charge is 0.167 e. The highest BCUT2D eigenvalue weighted by Gasteiger charge is 2.24. The Balaban J connectivity index is 3.21. The molecule has 0 aliphatic carbocycles. The molecule has 0 aromatic rings. The Hall–Kier alpha value is 0.507. The third-order valence-electron chi connectivity index (χ3n) is 4.25. The standard InChI is InChI=1S/C16H35ClSi/c1-4-7-8-9-10-11-12-13-14-15-16-18(17,5-2)6-3/h4-16H2,1-3H3. The molecule has 0 spiro atoms. The van der Waals surface area contributed by atoms with Crippen LogP contribution in [0.2, 0.25) is 18.1 Å². The van der Waals surface area contributed by atoms with E-state index in [1.54, 1.807) is 0 Å².